The van der Waals surface area contributed by atoms with Crippen molar-refractivity contribution >= 4 is 11.7 Å². The fraction of sp³-hybridized carbons (Fsp3) is 0.500. The van der Waals surface area contributed by atoms with Crippen molar-refractivity contribution < 1.29 is 9.90 Å². The fourth-order valence-corrected chi connectivity index (χ4v) is 1.66. The third-order valence-corrected chi connectivity index (χ3v) is 2.64. The lowest BCUT2D eigenvalue weighted by atomic mass is 9.87. The highest BCUT2D eigenvalue weighted by molar-refractivity contribution is 5.68. The van der Waals surface area contributed by atoms with Gasteiger partial charge >= 0.3 is 5.97 Å². The monoisotopic (exact) mass is 235 g/mol. The van der Waals surface area contributed by atoms with Gasteiger partial charge in [-0.05, 0) is 30.0 Å². The second kappa shape index (κ2) is 5.21. The molecule has 0 bridgehead atoms. The molecule has 3 nitrogen and oxygen atoms in total. The van der Waals surface area contributed by atoms with Crippen LogP contribution in [-0.2, 0) is 10.2 Å². The Hall–Kier alpha value is -1.51. The topological polar surface area (TPSA) is 49.3 Å². The zero-order chi connectivity index (χ0) is 13.1. The van der Waals surface area contributed by atoms with Gasteiger partial charge in [-0.15, -0.1) is 0 Å². The van der Waals surface area contributed by atoms with Crippen LogP contribution in [0.25, 0.3) is 0 Å². The first-order valence-electron chi connectivity index (χ1n) is 5.88. The van der Waals surface area contributed by atoms with Gasteiger partial charge in [0, 0.05) is 11.7 Å². The van der Waals surface area contributed by atoms with Crippen LogP contribution in [0.3, 0.4) is 0 Å². The molecule has 1 rings (SSSR count). The first-order chi connectivity index (χ1) is 7.79. The van der Waals surface area contributed by atoms with Crippen molar-refractivity contribution in [2.24, 2.45) is 0 Å². The Morgan fingerprint density at radius 1 is 1.29 bits per heavy atom. The summed E-state index contributed by atoms with van der Waals surface area (Å²) in [4.78, 5) is 10.5. The maximum Gasteiger partial charge on any atom is 0.305 e. The SMILES string of the molecule is CC(CC(=O)O)Nc1ccc(C(C)(C)C)cc1. The third-order valence-electron chi connectivity index (χ3n) is 2.64. The molecule has 0 aliphatic heterocycles. The van der Waals surface area contributed by atoms with Crippen molar-refractivity contribution in [1.29, 1.82) is 0 Å². The van der Waals surface area contributed by atoms with Crippen molar-refractivity contribution in [2.45, 2.75) is 45.6 Å². The van der Waals surface area contributed by atoms with E-state index in [9.17, 15) is 4.79 Å². The van der Waals surface area contributed by atoms with E-state index in [0.717, 1.165) is 5.69 Å². The molecule has 1 aromatic rings. The molecule has 1 atom stereocenters. The Kier molecular flexibility index (Phi) is 4.16. The lowest BCUT2D eigenvalue weighted by Gasteiger charge is -2.20. The highest BCUT2D eigenvalue weighted by Gasteiger charge is 2.13. The molecule has 0 saturated carbocycles. The van der Waals surface area contributed by atoms with Crippen molar-refractivity contribution in [3.8, 4) is 0 Å². The molecular formula is C14H21NO2. The number of carbonyl (C=O) groups is 1. The predicted molar refractivity (Wildman–Crippen MR) is 70.5 cm³/mol. The molecule has 0 saturated heterocycles. The van der Waals surface area contributed by atoms with Crippen molar-refractivity contribution in [3.63, 3.8) is 0 Å². The van der Waals surface area contributed by atoms with E-state index in [1.807, 2.05) is 19.1 Å². The van der Waals surface area contributed by atoms with E-state index >= 15 is 0 Å². The quantitative estimate of drug-likeness (QED) is 0.842. The van der Waals surface area contributed by atoms with Gasteiger partial charge in [0.1, 0.15) is 0 Å². The summed E-state index contributed by atoms with van der Waals surface area (Å²) in [6.45, 7) is 8.37. The van der Waals surface area contributed by atoms with Gasteiger partial charge in [-0.25, -0.2) is 0 Å². The van der Waals surface area contributed by atoms with E-state index < -0.39 is 5.97 Å². The molecule has 0 spiro atoms. The smallest absolute Gasteiger partial charge is 0.305 e. The van der Waals surface area contributed by atoms with E-state index in [1.165, 1.54) is 5.56 Å². The van der Waals surface area contributed by atoms with E-state index in [1.54, 1.807) is 0 Å². The van der Waals surface area contributed by atoms with Crippen LogP contribution >= 0.6 is 0 Å². The van der Waals surface area contributed by atoms with Gasteiger partial charge in [-0.3, -0.25) is 4.79 Å². The third kappa shape index (κ3) is 4.47. The molecule has 0 amide bonds. The maximum absolute atomic E-state index is 10.5. The van der Waals surface area contributed by atoms with Gasteiger partial charge in [0.05, 0.1) is 6.42 Å². The second-order valence-corrected chi connectivity index (χ2v) is 5.47. The van der Waals surface area contributed by atoms with Crippen LogP contribution in [0, 0.1) is 0 Å². The van der Waals surface area contributed by atoms with Crippen molar-refractivity contribution in [1.82, 2.24) is 0 Å². The van der Waals surface area contributed by atoms with Crippen molar-refractivity contribution in [3.05, 3.63) is 29.8 Å². The maximum atomic E-state index is 10.5. The molecule has 0 aromatic heterocycles. The van der Waals surface area contributed by atoms with E-state index in [4.69, 9.17) is 5.11 Å². The second-order valence-electron chi connectivity index (χ2n) is 5.47. The van der Waals surface area contributed by atoms with Gasteiger partial charge in [0.25, 0.3) is 0 Å². The number of anilines is 1. The summed E-state index contributed by atoms with van der Waals surface area (Å²) < 4.78 is 0. The first-order valence-corrected chi connectivity index (χ1v) is 5.88. The summed E-state index contributed by atoms with van der Waals surface area (Å²) in [5, 5.41) is 11.8. The number of nitrogens with one attached hydrogen (secondary N) is 1. The summed E-state index contributed by atoms with van der Waals surface area (Å²) in [6.07, 6.45) is 0.126. The lowest BCUT2D eigenvalue weighted by molar-refractivity contribution is -0.137. The standard InChI is InChI=1S/C14H21NO2/c1-10(9-13(16)17)15-12-7-5-11(6-8-12)14(2,3)4/h5-8,10,15H,9H2,1-4H3,(H,16,17). The Labute approximate surface area is 103 Å². The highest BCUT2D eigenvalue weighted by atomic mass is 16.4. The predicted octanol–water partition coefficient (Wildman–Crippen LogP) is 3.26. The molecule has 2 N–H and O–H groups in total. The van der Waals surface area contributed by atoms with Crippen LogP contribution in [0.1, 0.15) is 39.7 Å². The van der Waals surface area contributed by atoms with E-state index in [-0.39, 0.29) is 17.9 Å². The average molecular weight is 235 g/mol. The minimum atomic E-state index is -0.781. The van der Waals surface area contributed by atoms with Gasteiger partial charge in [0.2, 0.25) is 0 Å². The zero-order valence-electron chi connectivity index (χ0n) is 10.9. The molecule has 3 heteroatoms. The Balaban J connectivity index is 2.66. The number of benzene rings is 1. The van der Waals surface area contributed by atoms with Crippen molar-refractivity contribution in [2.75, 3.05) is 5.32 Å². The van der Waals surface area contributed by atoms with E-state index in [0.29, 0.717) is 0 Å². The van der Waals surface area contributed by atoms with Gasteiger partial charge < -0.3 is 10.4 Å². The van der Waals surface area contributed by atoms with Crippen LogP contribution in [0.2, 0.25) is 0 Å². The molecule has 0 fully saturated rings. The molecule has 1 aromatic carbocycles. The van der Waals surface area contributed by atoms with Crippen LogP contribution < -0.4 is 5.32 Å². The highest BCUT2D eigenvalue weighted by Crippen LogP contribution is 2.23. The van der Waals surface area contributed by atoms with Crippen LogP contribution in [0.15, 0.2) is 24.3 Å². The molecule has 0 aliphatic rings. The largest absolute Gasteiger partial charge is 0.481 e. The normalized spacial score (nSPS) is 13.2. The van der Waals surface area contributed by atoms with Gasteiger partial charge in [0.15, 0.2) is 0 Å². The zero-order valence-corrected chi connectivity index (χ0v) is 10.9. The lowest BCUT2D eigenvalue weighted by Crippen LogP contribution is -2.19. The average Bonchev–Trinajstić information content (AvgIpc) is 2.15. The Bertz CT molecular complexity index is 376. The minimum Gasteiger partial charge on any atom is -0.481 e. The molecule has 94 valence electrons. The molecule has 0 radical (unpaired) electrons. The first kappa shape index (κ1) is 13.6. The molecule has 17 heavy (non-hydrogen) atoms. The van der Waals surface area contributed by atoms with Crippen LogP contribution in [0.4, 0.5) is 5.69 Å². The summed E-state index contributed by atoms with van der Waals surface area (Å²) in [7, 11) is 0. The number of carboxylic acid groups (broad SMARTS) is 1. The Morgan fingerprint density at radius 3 is 2.24 bits per heavy atom. The molecule has 1 unspecified atom stereocenters. The molecule has 0 aliphatic carbocycles. The summed E-state index contributed by atoms with van der Waals surface area (Å²) >= 11 is 0. The number of hydrogen-bond donors (Lipinski definition) is 2. The summed E-state index contributed by atoms with van der Waals surface area (Å²) in [5.74, 6) is -0.781. The van der Waals surface area contributed by atoms with Gasteiger partial charge in [-0.2, -0.15) is 0 Å². The minimum absolute atomic E-state index is 0.0620. The number of rotatable bonds is 4. The number of aliphatic carboxylic acids is 1. The van der Waals surface area contributed by atoms with E-state index in [2.05, 4.69) is 38.2 Å². The van der Waals surface area contributed by atoms with Crippen LogP contribution in [-0.4, -0.2) is 17.1 Å². The molecular weight excluding hydrogens is 214 g/mol. The molecule has 0 heterocycles. The fourth-order valence-electron chi connectivity index (χ4n) is 1.66. The van der Waals surface area contributed by atoms with Gasteiger partial charge in [-0.1, -0.05) is 32.9 Å². The van der Waals surface area contributed by atoms with Crippen LogP contribution in [0.5, 0.6) is 0 Å². The Morgan fingerprint density at radius 2 is 1.82 bits per heavy atom. The number of hydrogen-bond acceptors (Lipinski definition) is 2. The summed E-state index contributed by atoms with van der Waals surface area (Å²) in [6, 6.07) is 8.09. The number of carboxylic acids is 1. The summed E-state index contributed by atoms with van der Waals surface area (Å²) in [5.41, 5.74) is 2.38.